The summed E-state index contributed by atoms with van der Waals surface area (Å²) in [6.07, 6.45) is 4.33. The third-order valence-electron chi connectivity index (χ3n) is 4.25. The summed E-state index contributed by atoms with van der Waals surface area (Å²) in [5.74, 6) is -1.04. The Morgan fingerprint density at radius 1 is 0.929 bits per heavy atom. The van der Waals surface area contributed by atoms with Gasteiger partial charge in [0.05, 0.1) is 17.0 Å². The number of hydrogen-bond acceptors (Lipinski definition) is 4. The summed E-state index contributed by atoms with van der Waals surface area (Å²) in [5, 5.41) is 3.36. The van der Waals surface area contributed by atoms with Crippen LogP contribution in [0.3, 0.4) is 0 Å². The Bertz CT molecular complexity index is 1040. The summed E-state index contributed by atoms with van der Waals surface area (Å²) in [6.45, 7) is 0. The number of carbonyl (C=O) groups excluding carboxylic acids is 1. The molecule has 0 radical (unpaired) electrons. The van der Waals surface area contributed by atoms with E-state index in [-0.39, 0.29) is 5.91 Å². The van der Waals surface area contributed by atoms with Gasteiger partial charge in [0, 0.05) is 18.0 Å². The van der Waals surface area contributed by atoms with Crippen molar-refractivity contribution in [2.24, 2.45) is 0 Å². The molecule has 0 aliphatic rings. The predicted octanol–water partition coefficient (Wildman–Crippen LogP) is 5.11. The van der Waals surface area contributed by atoms with Crippen LogP contribution in [-0.2, 0) is 4.79 Å². The highest BCUT2D eigenvalue weighted by Gasteiger charge is 2.23. The van der Waals surface area contributed by atoms with Crippen LogP contribution < -0.4 is 5.32 Å². The number of rotatable bonds is 5. The number of halogens is 1. The molecule has 0 fully saturated rings. The van der Waals surface area contributed by atoms with E-state index in [0.29, 0.717) is 10.7 Å². The maximum absolute atomic E-state index is 13.4. The third kappa shape index (κ3) is 3.97. The van der Waals surface area contributed by atoms with Gasteiger partial charge in [0.15, 0.2) is 5.13 Å². The first-order valence-electron chi connectivity index (χ1n) is 8.68. The van der Waals surface area contributed by atoms with Crippen LogP contribution in [0.15, 0.2) is 85.3 Å². The number of pyridine rings is 1. The predicted molar refractivity (Wildman–Crippen MR) is 109 cm³/mol. The van der Waals surface area contributed by atoms with Crippen molar-refractivity contribution in [3.05, 3.63) is 102 Å². The summed E-state index contributed by atoms with van der Waals surface area (Å²) < 4.78 is 13.4. The van der Waals surface area contributed by atoms with Crippen LogP contribution in [0.5, 0.6) is 0 Å². The van der Waals surface area contributed by atoms with E-state index in [1.165, 1.54) is 17.4 Å². The second-order valence-corrected chi connectivity index (χ2v) is 7.20. The lowest BCUT2D eigenvalue weighted by Crippen LogP contribution is -2.22. The summed E-state index contributed by atoms with van der Waals surface area (Å²) in [7, 11) is 0. The third-order valence-corrected chi connectivity index (χ3v) is 5.22. The number of carbonyl (C=O) groups is 1. The lowest BCUT2D eigenvalue weighted by molar-refractivity contribution is -0.116. The van der Waals surface area contributed by atoms with Gasteiger partial charge >= 0.3 is 0 Å². The van der Waals surface area contributed by atoms with Crippen LogP contribution in [0.1, 0.15) is 17.0 Å². The number of nitrogens with zero attached hydrogens (tertiary/aromatic N) is 2. The molecule has 6 heteroatoms. The van der Waals surface area contributed by atoms with E-state index in [0.717, 1.165) is 22.2 Å². The summed E-state index contributed by atoms with van der Waals surface area (Å²) in [5.41, 5.74) is 2.43. The molecule has 138 valence electrons. The largest absolute Gasteiger partial charge is 0.301 e. The van der Waals surface area contributed by atoms with Gasteiger partial charge < -0.3 is 5.32 Å². The fourth-order valence-corrected chi connectivity index (χ4v) is 3.78. The van der Waals surface area contributed by atoms with Crippen LogP contribution in [-0.4, -0.2) is 15.9 Å². The van der Waals surface area contributed by atoms with Crippen LogP contribution >= 0.6 is 11.3 Å². The van der Waals surface area contributed by atoms with Gasteiger partial charge in [-0.05, 0) is 17.2 Å². The molecular weight excluding hydrogens is 373 g/mol. The number of thiazole rings is 1. The van der Waals surface area contributed by atoms with E-state index in [4.69, 9.17) is 0 Å². The monoisotopic (exact) mass is 389 g/mol. The van der Waals surface area contributed by atoms with E-state index < -0.39 is 11.7 Å². The summed E-state index contributed by atoms with van der Waals surface area (Å²) in [4.78, 5) is 22.0. The standard InChI is InChI=1S/C22H16FN3OS/c23-18-11-17(12-24-13-18)19-14-25-22(28-19)26-21(27)20(15-7-3-1-4-8-15)16-9-5-2-6-10-16/h1-14,20H,(H,25,26,27). The summed E-state index contributed by atoms with van der Waals surface area (Å²) >= 11 is 1.28. The molecule has 1 N–H and O–H groups in total. The minimum atomic E-state index is -0.453. The summed E-state index contributed by atoms with van der Waals surface area (Å²) in [6, 6.07) is 20.6. The highest BCUT2D eigenvalue weighted by atomic mass is 32.1. The van der Waals surface area contributed by atoms with Crippen molar-refractivity contribution >= 4 is 22.4 Å². The molecule has 0 unspecified atom stereocenters. The number of benzene rings is 2. The molecule has 28 heavy (non-hydrogen) atoms. The van der Waals surface area contributed by atoms with Gasteiger partial charge in [-0.2, -0.15) is 0 Å². The zero-order valence-electron chi connectivity index (χ0n) is 14.7. The molecule has 1 amide bonds. The lowest BCUT2D eigenvalue weighted by atomic mass is 9.90. The minimum absolute atomic E-state index is 0.171. The maximum atomic E-state index is 13.4. The van der Waals surface area contributed by atoms with E-state index in [1.54, 1.807) is 12.4 Å². The van der Waals surface area contributed by atoms with Gasteiger partial charge in [-0.15, -0.1) is 0 Å². The molecule has 2 aromatic carbocycles. The van der Waals surface area contributed by atoms with E-state index in [1.807, 2.05) is 60.7 Å². The van der Waals surface area contributed by atoms with Gasteiger partial charge in [0.25, 0.3) is 0 Å². The lowest BCUT2D eigenvalue weighted by Gasteiger charge is -2.17. The number of amides is 1. The number of hydrogen-bond donors (Lipinski definition) is 1. The molecular formula is C22H16FN3OS. The molecule has 2 heterocycles. The Morgan fingerprint density at radius 3 is 2.18 bits per heavy atom. The minimum Gasteiger partial charge on any atom is -0.301 e. The van der Waals surface area contributed by atoms with Crippen molar-refractivity contribution < 1.29 is 9.18 Å². The Kier molecular flexibility index (Phi) is 5.21. The Hall–Kier alpha value is -3.38. The first-order valence-corrected chi connectivity index (χ1v) is 9.50. The highest BCUT2D eigenvalue weighted by molar-refractivity contribution is 7.19. The average Bonchev–Trinajstić information content (AvgIpc) is 3.18. The molecule has 2 aromatic heterocycles. The molecule has 0 aliphatic heterocycles. The molecule has 0 saturated carbocycles. The van der Waals surface area contributed by atoms with Crippen molar-refractivity contribution in [1.82, 2.24) is 9.97 Å². The molecule has 4 rings (SSSR count). The molecule has 0 bridgehead atoms. The van der Waals surface area contributed by atoms with Crippen molar-refractivity contribution in [2.75, 3.05) is 5.32 Å². The Balaban J connectivity index is 1.60. The van der Waals surface area contributed by atoms with Crippen LogP contribution in [0.25, 0.3) is 10.4 Å². The van der Waals surface area contributed by atoms with Crippen molar-refractivity contribution in [3.63, 3.8) is 0 Å². The fraction of sp³-hybridized carbons (Fsp3) is 0.0455. The zero-order chi connectivity index (χ0) is 19.3. The Labute approximate surface area is 165 Å². The van der Waals surface area contributed by atoms with Crippen LogP contribution in [0.4, 0.5) is 9.52 Å². The van der Waals surface area contributed by atoms with Crippen LogP contribution in [0.2, 0.25) is 0 Å². The number of nitrogens with one attached hydrogen (secondary N) is 1. The molecule has 4 nitrogen and oxygen atoms in total. The van der Waals surface area contributed by atoms with Gasteiger partial charge in [-0.25, -0.2) is 9.37 Å². The quantitative estimate of drug-likeness (QED) is 0.516. The maximum Gasteiger partial charge on any atom is 0.238 e. The van der Waals surface area contributed by atoms with E-state index in [9.17, 15) is 9.18 Å². The molecule has 0 aliphatic carbocycles. The van der Waals surface area contributed by atoms with Crippen LogP contribution in [0, 0.1) is 5.82 Å². The Morgan fingerprint density at radius 2 is 1.57 bits per heavy atom. The fourth-order valence-electron chi connectivity index (χ4n) is 2.98. The van der Waals surface area contributed by atoms with Gasteiger partial charge in [-0.3, -0.25) is 9.78 Å². The van der Waals surface area contributed by atoms with Crippen molar-refractivity contribution in [3.8, 4) is 10.4 Å². The second kappa shape index (κ2) is 8.10. The van der Waals surface area contributed by atoms with E-state index in [2.05, 4.69) is 15.3 Å². The first-order chi connectivity index (χ1) is 13.7. The van der Waals surface area contributed by atoms with Crippen molar-refractivity contribution in [2.45, 2.75) is 5.92 Å². The number of aromatic nitrogens is 2. The SMILES string of the molecule is O=C(Nc1ncc(-c2cncc(F)c2)s1)C(c1ccccc1)c1ccccc1. The smallest absolute Gasteiger partial charge is 0.238 e. The highest BCUT2D eigenvalue weighted by Crippen LogP contribution is 2.31. The first kappa shape index (κ1) is 18.0. The average molecular weight is 389 g/mol. The van der Waals surface area contributed by atoms with Gasteiger partial charge in [0.1, 0.15) is 5.82 Å². The molecule has 4 aromatic rings. The van der Waals surface area contributed by atoms with E-state index >= 15 is 0 Å². The van der Waals surface area contributed by atoms with Gasteiger partial charge in [0.2, 0.25) is 5.91 Å². The normalized spacial score (nSPS) is 10.8. The number of anilines is 1. The van der Waals surface area contributed by atoms with Gasteiger partial charge in [-0.1, -0.05) is 72.0 Å². The molecule has 0 saturated heterocycles. The topological polar surface area (TPSA) is 54.9 Å². The second-order valence-electron chi connectivity index (χ2n) is 6.17. The van der Waals surface area contributed by atoms with Crippen molar-refractivity contribution in [1.29, 1.82) is 0 Å². The molecule has 0 spiro atoms. The zero-order valence-corrected chi connectivity index (χ0v) is 15.6. The molecule has 0 atom stereocenters.